The van der Waals surface area contributed by atoms with Crippen molar-refractivity contribution in [1.82, 2.24) is 4.57 Å². The number of rotatable bonds is 8. The molecule has 0 aliphatic heterocycles. The van der Waals surface area contributed by atoms with Gasteiger partial charge in [0.15, 0.2) is 0 Å². The lowest BCUT2D eigenvalue weighted by atomic mass is 9.93. The minimum Gasteiger partial charge on any atom is -0.455 e. The number of para-hydroxylation sites is 4. The van der Waals surface area contributed by atoms with Crippen molar-refractivity contribution in [2.45, 2.75) is 0 Å². The molecular formula is C68H44N2O. The van der Waals surface area contributed by atoms with Gasteiger partial charge in [0, 0.05) is 55.4 Å². The minimum atomic E-state index is 0.894. The molecule has 0 unspecified atom stereocenters. The minimum absolute atomic E-state index is 0.894. The van der Waals surface area contributed by atoms with Gasteiger partial charge in [0.2, 0.25) is 0 Å². The van der Waals surface area contributed by atoms with Crippen LogP contribution in [0.5, 0.6) is 0 Å². The molecule has 14 aromatic rings. The molecule has 3 heteroatoms. The Morgan fingerprint density at radius 3 is 1.31 bits per heavy atom. The second-order valence-electron chi connectivity index (χ2n) is 18.4. The van der Waals surface area contributed by atoms with E-state index in [1.807, 2.05) is 0 Å². The van der Waals surface area contributed by atoms with Crippen LogP contribution in [-0.4, -0.2) is 4.57 Å². The molecular weight excluding hydrogens is 861 g/mol. The van der Waals surface area contributed by atoms with Gasteiger partial charge in [-0.2, -0.15) is 0 Å². The number of hydrogen-bond donors (Lipinski definition) is 0. The summed E-state index contributed by atoms with van der Waals surface area (Å²) in [5, 5.41) is 9.77. The van der Waals surface area contributed by atoms with Gasteiger partial charge in [-0.25, -0.2) is 0 Å². The van der Waals surface area contributed by atoms with Gasteiger partial charge in [-0.05, 0) is 122 Å². The van der Waals surface area contributed by atoms with Gasteiger partial charge in [-0.3, -0.25) is 0 Å². The molecule has 332 valence electrons. The topological polar surface area (TPSA) is 21.3 Å². The predicted octanol–water partition coefficient (Wildman–Crippen LogP) is 19.1. The van der Waals surface area contributed by atoms with Gasteiger partial charge in [0.05, 0.1) is 11.0 Å². The molecule has 0 aliphatic carbocycles. The van der Waals surface area contributed by atoms with E-state index in [0.29, 0.717) is 0 Å². The lowest BCUT2D eigenvalue weighted by molar-refractivity contribution is 0.671. The van der Waals surface area contributed by atoms with Gasteiger partial charge in [-0.1, -0.05) is 200 Å². The molecule has 0 amide bonds. The average molecular weight is 905 g/mol. The average Bonchev–Trinajstić information content (AvgIpc) is 4.00. The number of furan rings is 1. The Morgan fingerprint density at radius 1 is 0.268 bits per heavy atom. The first-order chi connectivity index (χ1) is 35.2. The van der Waals surface area contributed by atoms with Crippen LogP contribution in [0.15, 0.2) is 271 Å². The maximum Gasteiger partial charge on any atom is 0.143 e. The summed E-state index contributed by atoms with van der Waals surface area (Å²) in [7, 11) is 0. The third-order valence-corrected chi connectivity index (χ3v) is 14.4. The monoisotopic (exact) mass is 904 g/mol. The van der Waals surface area contributed by atoms with Crippen molar-refractivity contribution < 1.29 is 4.42 Å². The van der Waals surface area contributed by atoms with E-state index < -0.39 is 0 Å². The Balaban J connectivity index is 0.861. The smallest absolute Gasteiger partial charge is 0.143 e. The number of nitrogens with zero attached hydrogens (tertiary/aromatic N) is 2. The zero-order valence-corrected chi connectivity index (χ0v) is 38.7. The molecule has 2 aromatic heterocycles. The summed E-state index contributed by atoms with van der Waals surface area (Å²) in [6, 6.07) is 96.5. The first kappa shape index (κ1) is 40.6. The van der Waals surface area contributed by atoms with Gasteiger partial charge in [-0.15, -0.1) is 0 Å². The summed E-state index contributed by atoms with van der Waals surface area (Å²) in [4.78, 5) is 2.36. The molecule has 71 heavy (non-hydrogen) atoms. The van der Waals surface area contributed by atoms with Crippen molar-refractivity contribution in [3.63, 3.8) is 0 Å². The summed E-state index contributed by atoms with van der Waals surface area (Å²) >= 11 is 0. The van der Waals surface area contributed by atoms with Crippen molar-refractivity contribution in [1.29, 1.82) is 0 Å². The van der Waals surface area contributed by atoms with Crippen molar-refractivity contribution in [3.8, 4) is 50.2 Å². The summed E-state index contributed by atoms with van der Waals surface area (Å²) in [5.74, 6) is 0. The lowest BCUT2D eigenvalue weighted by Crippen LogP contribution is -2.09. The van der Waals surface area contributed by atoms with Crippen LogP contribution in [0.4, 0.5) is 17.1 Å². The van der Waals surface area contributed by atoms with Crippen molar-refractivity contribution >= 4 is 82.4 Å². The third-order valence-electron chi connectivity index (χ3n) is 14.4. The fourth-order valence-electron chi connectivity index (χ4n) is 11.0. The van der Waals surface area contributed by atoms with Crippen LogP contribution in [-0.2, 0) is 0 Å². The standard InChI is InChI=1S/C68H44N2O/c1-2-15-46(16-3-1)56-25-13-27-62-63-28-14-26-57(68(63)71-67(56)62)47-33-39-52(40-34-47)69(53-41-35-48(36-42-53)64-44-50-17-4-5-20-55(50)58-21-6-7-22-59(58)64)51-37-31-45(32-38-51)49-18-12-19-54(43-49)70-65-29-10-8-23-60(65)61-24-9-11-30-66(61)70/h1-44H. The number of anilines is 3. The summed E-state index contributed by atoms with van der Waals surface area (Å²) in [6.07, 6.45) is 0. The molecule has 0 spiro atoms. The molecule has 12 aromatic carbocycles. The molecule has 0 aliphatic rings. The van der Waals surface area contributed by atoms with Gasteiger partial charge in [0.25, 0.3) is 0 Å². The molecule has 0 atom stereocenters. The fraction of sp³-hybridized carbons (Fsp3) is 0. The van der Waals surface area contributed by atoms with E-state index in [4.69, 9.17) is 4.42 Å². The molecule has 3 nitrogen and oxygen atoms in total. The van der Waals surface area contributed by atoms with Gasteiger partial charge in [0.1, 0.15) is 11.2 Å². The van der Waals surface area contributed by atoms with E-state index in [1.165, 1.54) is 54.5 Å². The van der Waals surface area contributed by atoms with Crippen LogP contribution in [0.3, 0.4) is 0 Å². The highest BCUT2D eigenvalue weighted by atomic mass is 16.3. The first-order valence-electron chi connectivity index (χ1n) is 24.3. The molecule has 0 saturated carbocycles. The normalized spacial score (nSPS) is 11.7. The molecule has 0 N–H and O–H groups in total. The van der Waals surface area contributed by atoms with Crippen molar-refractivity contribution in [3.05, 3.63) is 267 Å². The van der Waals surface area contributed by atoms with Crippen LogP contribution in [0.25, 0.3) is 115 Å². The first-order valence-corrected chi connectivity index (χ1v) is 24.3. The van der Waals surface area contributed by atoms with Crippen LogP contribution >= 0.6 is 0 Å². The van der Waals surface area contributed by atoms with E-state index >= 15 is 0 Å². The molecule has 2 heterocycles. The number of hydrogen-bond acceptors (Lipinski definition) is 2. The Hall–Kier alpha value is -9.44. The van der Waals surface area contributed by atoms with Crippen LogP contribution in [0.2, 0.25) is 0 Å². The largest absolute Gasteiger partial charge is 0.455 e. The van der Waals surface area contributed by atoms with E-state index in [0.717, 1.165) is 78.1 Å². The van der Waals surface area contributed by atoms with Crippen LogP contribution < -0.4 is 4.90 Å². The van der Waals surface area contributed by atoms with Gasteiger partial charge >= 0.3 is 0 Å². The Morgan fingerprint density at radius 2 is 0.704 bits per heavy atom. The van der Waals surface area contributed by atoms with Crippen LogP contribution in [0, 0.1) is 0 Å². The zero-order chi connectivity index (χ0) is 46.8. The third kappa shape index (κ3) is 6.82. The number of benzene rings is 12. The molecule has 0 fully saturated rings. The molecule has 0 bridgehead atoms. The maximum absolute atomic E-state index is 6.84. The molecule has 0 radical (unpaired) electrons. The quantitative estimate of drug-likeness (QED) is 0.142. The maximum atomic E-state index is 6.84. The van der Waals surface area contributed by atoms with E-state index in [1.54, 1.807) is 0 Å². The number of aromatic nitrogens is 1. The Kier molecular flexibility index (Phi) is 9.53. The number of fused-ring (bicyclic) bond motifs is 9. The summed E-state index contributed by atoms with van der Waals surface area (Å²) in [6.45, 7) is 0. The van der Waals surface area contributed by atoms with E-state index in [2.05, 4.69) is 276 Å². The SMILES string of the molecule is c1ccc(-c2cccc3c2oc2c(-c4ccc(N(c5ccc(-c6cccc(-n7c8ccccc8c8ccccc87)c6)cc5)c5ccc(-c6cc7ccccc7c7ccccc67)cc5)cc4)cccc23)cc1. The second-order valence-corrected chi connectivity index (χ2v) is 18.4. The highest BCUT2D eigenvalue weighted by Crippen LogP contribution is 2.43. The highest BCUT2D eigenvalue weighted by Gasteiger charge is 2.19. The fourth-order valence-corrected chi connectivity index (χ4v) is 11.0. The predicted molar refractivity (Wildman–Crippen MR) is 299 cm³/mol. The summed E-state index contributed by atoms with van der Waals surface area (Å²) in [5.41, 5.74) is 17.7. The lowest BCUT2D eigenvalue weighted by Gasteiger charge is -2.26. The molecule has 14 rings (SSSR count). The van der Waals surface area contributed by atoms with E-state index in [9.17, 15) is 0 Å². The zero-order valence-electron chi connectivity index (χ0n) is 38.7. The van der Waals surface area contributed by atoms with Gasteiger partial charge < -0.3 is 13.9 Å². The van der Waals surface area contributed by atoms with Crippen molar-refractivity contribution in [2.75, 3.05) is 4.90 Å². The second kappa shape index (κ2) is 16.7. The highest BCUT2D eigenvalue weighted by molar-refractivity contribution is 6.15. The van der Waals surface area contributed by atoms with Crippen molar-refractivity contribution in [2.24, 2.45) is 0 Å². The van der Waals surface area contributed by atoms with E-state index in [-0.39, 0.29) is 0 Å². The Labute approximate surface area is 411 Å². The Bertz CT molecular complexity index is 4260. The molecule has 0 saturated heterocycles. The summed E-state index contributed by atoms with van der Waals surface area (Å²) < 4.78 is 9.22. The van der Waals surface area contributed by atoms with Crippen LogP contribution in [0.1, 0.15) is 0 Å².